The molecule has 0 unspecified atom stereocenters. The lowest BCUT2D eigenvalue weighted by atomic mass is 10.1. The van der Waals surface area contributed by atoms with Crippen LogP contribution in [0.1, 0.15) is 18.3 Å². The summed E-state index contributed by atoms with van der Waals surface area (Å²) in [5.74, 6) is 0.797. The highest BCUT2D eigenvalue weighted by Crippen LogP contribution is 2.30. The minimum Gasteiger partial charge on any atom is -0.378 e. The fourth-order valence-corrected chi connectivity index (χ4v) is 3.12. The number of hydrogen-bond acceptors (Lipinski definition) is 5. The molecule has 0 amide bonds. The molecule has 4 rings (SSSR count). The largest absolute Gasteiger partial charge is 0.378 e. The fraction of sp³-hybridized carbons (Fsp3) is 0.263. The number of hydrogen-bond donors (Lipinski definition) is 1. The Kier molecular flexibility index (Phi) is 4.80. The van der Waals surface area contributed by atoms with Crippen LogP contribution in [0.15, 0.2) is 49.1 Å². The molecule has 0 aliphatic carbocycles. The minimum absolute atomic E-state index is 0.479. The van der Waals surface area contributed by atoms with Crippen LogP contribution in [0.25, 0.3) is 22.8 Å². The third-order valence-corrected chi connectivity index (χ3v) is 4.33. The maximum absolute atomic E-state index is 5.14. The second-order valence-electron chi connectivity index (χ2n) is 6.15. The zero-order valence-corrected chi connectivity index (χ0v) is 15.3. The van der Waals surface area contributed by atoms with Crippen molar-refractivity contribution in [3.05, 3.63) is 60.4 Å². The van der Waals surface area contributed by atoms with Gasteiger partial charge in [-0.2, -0.15) is 10.2 Å². The lowest BCUT2D eigenvalue weighted by Crippen LogP contribution is -2.07. The van der Waals surface area contributed by atoms with Crippen LogP contribution in [-0.4, -0.2) is 41.6 Å². The summed E-state index contributed by atoms with van der Waals surface area (Å²) in [6.07, 6.45) is 3.42. The molecule has 8 nitrogen and oxygen atoms in total. The zero-order valence-electron chi connectivity index (χ0n) is 15.3. The molecule has 8 heteroatoms. The number of rotatable bonds is 7. The number of nitrogens with one attached hydrogen (secondary N) is 1. The van der Waals surface area contributed by atoms with Crippen LogP contribution in [0.3, 0.4) is 0 Å². The summed E-state index contributed by atoms with van der Waals surface area (Å²) in [5.41, 5.74) is 4.71. The van der Waals surface area contributed by atoms with Crippen LogP contribution >= 0.6 is 0 Å². The number of nitrogens with zero attached hydrogens (tertiary/aromatic N) is 6. The quantitative estimate of drug-likeness (QED) is 0.546. The molecule has 0 fully saturated rings. The predicted octanol–water partition coefficient (Wildman–Crippen LogP) is 2.75. The fourth-order valence-electron chi connectivity index (χ4n) is 3.12. The van der Waals surface area contributed by atoms with Gasteiger partial charge in [0.1, 0.15) is 12.0 Å². The molecule has 0 atom stereocenters. The van der Waals surface area contributed by atoms with Gasteiger partial charge in [0.2, 0.25) is 0 Å². The van der Waals surface area contributed by atoms with Gasteiger partial charge in [-0.1, -0.05) is 30.3 Å². The lowest BCUT2D eigenvalue weighted by Gasteiger charge is -2.10. The normalized spacial score (nSPS) is 11.2. The van der Waals surface area contributed by atoms with Gasteiger partial charge in [0.05, 0.1) is 36.6 Å². The molecule has 0 spiro atoms. The summed E-state index contributed by atoms with van der Waals surface area (Å²) in [4.78, 5) is 9.18. The third kappa shape index (κ3) is 3.39. The highest BCUT2D eigenvalue weighted by Gasteiger charge is 2.20. The number of ether oxygens (including phenoxy) is 1. The smallest absolute Gasteiger partial charge is 0.177 e. The highest BCUT2D eigenvalue weighted by atomic mass is 16.5. The van der Waals surface area contributed by atoms with Gasteiger partial charge in [-0.25, -0.2) is 14.6 Å². The van der Waals surface area contributed by atoms with Crippen LogP contribution in [0.4, 0.5) is 0 Å². The van der Waals surface area contributed by atoms with E-state index in [1.807, 2.05) is 42.2 Å². The van der Waals surface area contributed by atoms with Crippen molar-refractivity contribution in [3.63, 3.8) is 0 Å². The van der Waals surface area contributed by atoms with E-state index in [1.54, 1.807) is 13.4 Å². The molecule has 3 aromatic heterocycles. The van der Waals surface area contributed by atoms with Gasteiger partial charge in [0, 0.05) is 19.2 Å². The Morgan fingerprint density at radius 3 is 2.78 bits per heavy atom. The minimum atomic E-state index is 0.479. The van der Waals surface area contributed by atoms with Gasteiger partial charge in [-0.05, 0) is 13.0 Å². The monoisotopic (exact) mass is 363 g/mol. The van der Waals surface area contributed by atoms with E-state index in [1.165, 1.54) is 0 Å². The van der Waals surface area contributed by atoms with Crippen molar-refractivity contribution in [2.75, 3.05) is 7.11 Å². The molecule has 138 valence electrons. The molecular formula is C19H21N7O. The Bertz CT molecular complexity index is 1020. The van der Waals surface area contributed by atoms with Crippen molar-refractivity contribution in [1.82, 2.24) is 34.5 Å². The number of aryl methyl sites for hydroxylation is 1. The summed E-state index contributed by atoms with van der Waals surface area (Å²) >= 11 is 0. The number of aromatic amines is 1. The van der Waals surface area contributed by atoms with E-state index in [0.717, 1.165) is 40.7 Å². The standard InChI is InChI=1S/C19H21N7O/c1-3-26-19(20-12-22-26)18-17(14-7-5-4-6-8-14)21-13-25(18)10-15-9-16(11-27-2)24-23-15/h4-9,12-13H,3,10-11H2,1-2H3,(H,23,24). The topological polar surface area (TPSA) is 86.4 Å². The lowest BCUT2D eigenvalue weighted by molar-refractivity contribution is 0.181. The Morgan fingerprint density at radius 1 is 1.15 bits per heavy atom. The van der Waals surface area contributed by atoms with Crippen LogP contribution in [0.2, 0.25) is 0 Å². The maximum Gasteiger partial charge on any atom is 0.177 e. The van der Waals surface area contributed by atoms with Crippen LogP contribution in [0.5, 0.6) is 0 Å². The second-order valence-corrected chi connectivity index (χ2v) is 6.15. The molecular weight excluding hydrogens is 342 g/mol. The van der Waals surface area contributed by atoms with E-state index in [9.17, 15) is 0 Å². The number of imidazole rings is 1. The van der Waals surface area contributed by atoms with Crippen LogP contribution < -0.4 is 0 Å². The third-order valence-electron chi connectivity index (χ3n) is 4.33. The van der Waals surface area contributed by atoms with Gasteiger partial charge in [0.25, 0.3) is 0 Å². The predicted molar refractivity (Wildman–Crippen MR) is 101 cm³/mol. The van der Waals surface area contributed by atoms with Crippen LogP contribution in [-0.2, 0) is 24.4 Å². The molecule has 0 aliphatic rings. The molecule has 0 saturated heterocycles. The number of methoxy groups -OCH3 is 1. The summed E-state index contributed by atoms with van der Waals surface area (Å²) < 4.78 is 9.09. The van der Waals surface area contributed by atoms with E-state index in [4.69, 9.17) is 4.74 Å². The summed E-state index contributed by atoms with van der Waals surface area (Å²) in [5, 5.41) is 11.7. The molecule has 27 heavy (non-hydrogen) atoms. The van der Waals surface area contributed by atoms with Crippen molar-refractivity contribution < 1.29 is 4.74 Å². The van der Waals surface area contributed by atoms with Gasteiger partial charge in [0.15, 0.2) is 5.82 Å². The van der Waals surface area contributed by atoms with Gasteiger partial charge >= 0.3 is 0 Å². The number of benzene rings is 1. The molecule has 1 aromatic carbocycles. The molecule has 1 N–H and O–H groups in total. The summed E-state index contributed by atoms with van der Waals surface area (Å²) in [6.45, 7) is 3.86. The van der Waals surface area contributed by atoms with Crippen molar-refractivity contribution >= 4 is 0 Å². The SMILES string of the molecule is CCn1ncnc1-c1c(-c2ccccc2)ncn1Cc1cc(COC)n[nH]1. The second kappa shape index (κ2) is 7.55. The average molecular weight is 363 g/mol. The molecule has 0 saturated carbocycles. The van der Waals surface area contributed by atoms with E-state index in [2.05, 4.69) is 42.0 Å². The molecule has 0 aliphatic heterocycles. The van der Waals surface area contributed by atoms with Crippen molar-refractivity contribution in [2.45, 2.75) is 26.6 Å². The molecule has 0 bridgehead atoms. The van der Waals surface area contributed by atoms with Crippen molar-refractivity contribution in [1.29, 1.82) is 0 Å². The van der Waals surface area contributed by atoms with Gasteiger partial charge < -0.3 is 9.30 Å². The first kappa shape index (κ1) is 17.2. The number of H-pyrrole nitrogens is 1. The van der Waals surface area contributed by atoms with E-state index < -0.39 is 0 Å². The maximum atomic E-state index is 5.14. The Labute approximate surface area is 156 Å². The van der Waals surface area contributed by atoms with E-state index >= 15 is 0 Å². The highest BCUT2D eigenvalue weighted by molar-refractivity contribution is 5.75. The first-order valence-corrected chi connectivity index (χ1v) is 8.81. The molecule has 4 aromatic rings. The van der Waals surface area contributed by atoms with Gasteiger partial charge in [-0.3, -0.25) is 5.10 Å². The van der Waals surface area contributed by atoms with E-state index in [-0.39, 0.29) is 0 Å². The Hall–Kier alpha value is -3.26. The number of aromatic nitrogens is 7. The van der Waals surface area contributed by atoms with Gasteiger partial charge in [-0.15, -0.1) is 0 Å². The Morgan fingerprint density at radius 2 is 2.00 bits per heavy atom. The zero-order chi connectivity index (χ0) is 18.6. The molecule has 0 radical (unpaired) electrons. The van der Waals surface area contributed by atoms with Crippen molar-refractivity contribution in [3.8, 4) is 22.8 Å². The summed E-state index contributed by atoms with van der Waals surface area (Å²) in [6, 6.07) is 12.1. The first-order chi connectivity index (χ1) is 13.3. The van der Waals surface area contributed by atoms with E-state index in [0.29, 0.717) is 13.2 Å². The summed E-state index contributed by atoms with van der Waals surface area (Å²) in [7, 11) is 1.66. The average Bonchev–Trinajstić information content (AvgIpc) is 3.42. The molecule has 3 heterocycles. The first-order valence-electron chi connectivity index (χ1n) is 8.81. The Balaban J connectivity index is 1.78. The van der Waals surface area contributed by atoms with Crippen molar-refractivity contribution in [2.24, 2.45) is 0 Å². The van der Waals surface area contributed by atoms with Crippen LogP contribution in [0, 0.1) is 0 Å².